The third-order valence-corrected chi connectivity index (χ3v) is 10.2. The van der Waals surface area contributed by atoms with Crippen molar-refractivity contribution in [3.8, 4) is 5.75 Å². The topological polar surface area (TPSA) is 73.9 Å². The summed E-state index contributed by atoms with van der Waals surface area (Å²) in [6.45, 7) is 8.56. The maximum Gasteiger partial charge on any atom is 0.243 e. The lowest BCUT2D eigenvalue weighted by Crippen LogP contribution is -2.56. The number of nitrogens with zero attached hydrogens (tertiary/aromatic N) is 2. The van der Waals surface area contributed by atoms with Crippen molar-refractivity contribution >= 4 is 11.8 Å². The lowest BCUT2D eigenvalue weighted by molar-refractivity contribution is -0.132. The molecule has 7 heteroatoms. The van der Waals surface area contributed by atoms with Gasteiger partial charge in [-0.3, -0.25) is 19.4 Å². The zero-order chi connectivity index (χ0) is 34.4. The number of carbonyl (C=O) groups excluding carboxylic acids is 2. The number of likely N-dealkylation sites (tertiary alicyclic amines) is 1. The highest BCUT2D eigenvalue weighted by Crippen LogP contribution is 2.26. The Morgan fingerprint density at radius 3 is 2.06 bits per heavy atom. The van der Waals surface area contributed by atoms with Crippen molar-refractivity contribution < 1.29 is 14.3 Å². The van der Waals surface area contributed by atoms with E-state index in [1.165, 1.54) is 37.7 Å². The summed E-state index contributed by atoms with van der Waals surface area (Å²) in [5.74, 6) is 1.63. The molecule has 1 aliphatic carbocycles. The summed E-state index contributed by atoms with van der Waals surface area (Å²) in [7, 11) is 2.09. The monoisotopic (exact) mass is 666 g/mol. The van der Waals surface area contributed by atoms with Crippen molar-refractivity contribution in [1.82, 2.24) is 20.4 Å². The molecule has 7 nitrogen and oxygen atoms in total. The van der Waals surface area contributed by atoms with E-state index in [9.17, 15) is 9.59 Å². The second-order valence-electron chi connectivity index (χ2n) is 14.8. The third kappa shape index (κ3) is 12.0. The molecule has 0 bridgehead atoms. The molecule has 2 fully saturated rings. The van der Waals surface area contributed by atoms with Crippen LogP contribution in [0, 0.1) is 11.8 Å². The van der Waals surface area contributed by atoms with Gasteiger partial charge >= 0.3 is 0 Å². The van der Waals surface area contributed by atoms with Crippen LogP contribution in [0.1, 0.15) is 81.9 Å². The summed E-state index contributed by atoms with van der Waals surface area (Å²) >= 11 is 0. The van der Waals surface area contributed by atoms with E-state index in [-0.39, 0.29) is 23.9 Å². The molecule has 2 amide bonds. The van der Waals surface area contributed by atoms with Crippen LogP contribution in [-0.4, -0.2) is 66.4 Å². The summed E-state index contributed by atoms with van der Waals surface area (Å²) in [5, 5.41) is 6.58. The highest BCUT2D eigenvalue weighted by atomic mass is 16.5. The first kappa shape index (κ1) is 36.6. The van der Waals surface area contributed by atoms with Gasteiger partial charge in [0.1, 0.15) is 18.4 Å². The molecular weight excluding hydrogens is 608 g/mol. The number of nitrogens with one attached hydrogen (secondary N) is 2. The summed E-state index contributed by atoms with van der Waals surface area (Å²) in [6, 6.07) is 27.8. The maximum atomic E-state index is 14.1. The number of amides is 2. The Balaban J connectivity index is 1.23. The molecule has 1 aliphatic heterocycles. The largest absolute Gasteiger partial charge is 0.489 e. The van der Waals surface area contributed by atoms with Crippen LogP contribution in [0.15, 0.2) is 84.9 Å². The molecule has 1 heterocycles. The van der Waals surface area contributed by atoms with Gasteiger partial charge in [0, 0.05) is 38.6 Å². The van der Waals surface area contributed by atoms with Gasteiger partial charge in [0.25, 0.3) is 0 Å². The predicted molar refractivity (Wildman–Crippen MR) is 198 cm³/mol. The quantitative estimate of drug-likeness (QED) is 0.172. The van der Waals surface area contributed by atoms with Gasteiger partial charge in [-0.15, -0.1) is 0 Å². The average Bonchev–Trinajstić information content (AvgIpc) is 3.12. The number of carbonyl (C=O) groups is 2. The van der Waals surface area contributed by atoms with Crippen molar-refractivity contribution in [3.05, 3.63) is 102 Å². The molecule has 264 valence electrons. The van der Waals surface area contributed by atoms with Gasteiger partial charge in [-0.1, -0.05) is 106 Å². The standard InChI is InChI=1S/C42H58N4O3/c1-32(2)27-40(45(3)29-34-13-7-4-8-14-34)42(48)44-39(28-33-19-21-38(22-20-33)49-31-36-17-11-6-12-18-36)41(47)43-37-23-25-46(26-24-37)30-35-15-9-5-10-16-35/h5-6,9-12,15-22,32,34,37,39-40H,4,7-8,13-14,23-31H2,1-3H3,(H,43,47)(H,44,48)/t39-,40+/m0/s1. The Hall–Kier alpha value is -3.68. The SMILES string of the molecule is CC(C)C[C@H](C(=O)N[C@@H](Cc1ccc(OCc2ccccc2)cc1)C(=O)NC1CCN(Cc2ccccc2)CC1)N(C)CC1CCCCC1. The number of hydrogen-bond donors (Lipinski definition) is 2. The van der Waals surface area contributed by atoms with Crippen LogP contribution in [0.5, 0.6) is 5.75 Å². The van der Waals surface area contributed by atoms with E-state index in [4.69, 9.17) is 4.74 Å². The Bertz CT molecular complexity index is 1400. The summed E-state index contributed by atoms with van der Waals surface area (Å²) in [4.78, 5) is 32.8. The molecule has 0 unspecified atom stereocenters. The minimum atomic E-state index is -0.663. The molecular formula is C42H58N4O3. The Morgan fingerprint density at radius 2 is 1.43 bits per heavy atom. The molecule has 3 aromatic carbocycles. The van der Waals surface area contributed by atoms with E-state index >= 15 is 0 Å². The van der Waals surface area contributed by atoms with Gasteiger partial charge in [0.05, 0.1) is 6.04 Å². The van der Waals surface area contributed by atoms with Crippen molar-refractivity contribution in [1.29, 1.82) is 0 Å². The van der Waals surface area contributed by atoms with Crippen LogP contribution in [0.3, 0.4) is 0 Å². The number of benzene rings is 3. The fraction of sp³-hybridized carbons (Fsp3) is 0.524. The molecule has 0 spiro atoms. The second-order valence-corrected chi connectivity index (χ2v) is 14.8. The Labute approximate surface area is 294 Å². The van der Waals surface area contributed by atoms with Crippen molar-refractivity contribution in [3.63, 3.8) is 0 Å². The van der Waals surface area contributed by atoms with Crippen LogP contribution in [0.25, 0.3) is 0 Å². The van der Waals surface area contributed by atoms with E-state index in [1.807, 2.05) is 54.6 Å². The number of ether oxygens (including phenoxy) is 1. The summed E-state index contributed by atoms with van der Waals surface area (Å²) in [6.07, 6.45) is 9.33. The second kappa shape index (κ2) is 18.9. The van der Waals surface area contributed by atoms with Crippen LogP contribution in [0.4, 0.5) is 0 Å². The van der Waals surface area contributed by atoms with Crippen LogP contribution in [-0.2, 0) is 29.2 Å². The first-order valence-electron chi connectivity index (χ1n) is 18.7. The van der Waals surface area contributed by atoms with Gasteiger partial charge in [0.2, 0.25) is 11.8 Å². The van der Waals surface area contributed by atoms with Gasteiger partial charge < -0.3 is 15.4 Å². The van der Waals surface area contributed by atoms with Crippen molar-refractivity contribution in [2.45, 2.75) is 103 Å². The minimum absolute atomic E-state index is 0.0485. The van der Waals surface area contributed by atoms with E-state index < -0.39 is 6.04 Å². The minimum Gasteiger partial charge on any atom is -0.489 e. The maximum absolute atomic E-state index is 14.1. The number of rotatable bonds is 16. The molecule has 2 aliphatic rings. The number of piperidine rings is 1. The number of likely N-dealkylation sites (N-methyl/N-ethyl adjacent to an activating group) is 1. The van der Waals surface area contributed by atoms with Gasteiger partial charge in [-0.25, -0.2) is 0 Å². The van der Waals surface area contributed by atoms with E-state index in [2.05, 4.69) is 71.7 Å². The molecule has 1 saturated heterocycles. The first-order chi connectivity index (χ1) is 23.8. The molecule has 2 N–H and O–H groups in total. The molecule has 1 saturated carbocycles. The molecule has 5 rings (SSSR count). The van der Waals surface area contributed by atoms with Crippen LogP contribution < -0.4 is 15.4 Å². The van der Waals surface area contributed by atoms with Crippen LogP contribution >= 0.6 is 0 Å². The van der Waals surface area contributed by atoms with E-state index in [0.29, 0.717) is 24.9 Å². The van der Waals surface area contributed by atoms with Crippen molar-refractivity contribution in [2.24, 2.45) is 11.8 Å². The smallest absolute Gasteiger partial charge is 0.243 e. The fourth-order valence-corrected chi connectivity index (χ4v) is 7.39. The summed E-state index contributed by atoms with van der Waals surface area (Å²) in [5.41, 5.74) is 3.41. The average molecular weight is 667 g/mol. The zero-order valence-electron chi connectivity index (χ0n) is 30.0. The Morgan fingerprint density at radius 1 is 0.796 bits per heavy atom. The highest BCUT2D eigenvalue weighted by Gasteiger charge is 2.31. The number of hydrogen-bond acceptors (Lipinski definition) is 5. The highest BCUT2D eigenvalue weighted by molar-refractivity contribution is 5.90. The van der Waals surface area contributed by atoms with Gasteiger partial charge in [0.15, 0.2) is 0 Å². The Kier molecular flexibility index (Phi) is 14.1. The molecule has 49 heavy (non-hydrogen) atoms. The van der Waals surface area contributed by atoms with E-state index in [1.54, 1.807) is 0 Å². The van der Waals surface area contributed by atoms with Gasteiger partial charge in [-0.05, 0) is 79.8 Å². The summed E-state index contributed by atoms with van der Waals surface area (Å²) < 4.78 is 6.01. The normalized spacial score (nSPS) is 17.5. The molecule has 0 radical (unpaired) electrons. The van der Waals surface area contributed by atoms with Crippen molar-refractivity contribution in [2.75, 3.05) is 26.7 Å². The third-order valence-electron chi connectivity index (χ3n) is 10.2. The van der Waals surface area contributed by atoms with Gasteiger partial charge in [-0.2, -0.15) is 0 Å². The predicted octanol–water partition coefficient (Wildman–Crippen LogP) is 7.00. The zero-order valence-corrected chi connectivity index (χ0v) is 30.0. The molecule has 2 atom stereocenters. The lowest BCUT2D eigenvalue weighted by atomic mass is 9.88. The molecule has 3 aromatic rings. The van der Waals surface area contributed by atoms with E-state index in [0.717, 1.165) is 62.3 Å². The van der Waals surface area contributed by atoms with Crippen LogP contribution in [0.2, 0.25) is 0 Å². The fourth-order valence-electron chi connectivity index (χ4n) is 7.39. The lowest BCUT2D eigenvalue weighted by Gasteiger charge is -2.35. The molecule has 0 aromatic heterocycles. The first-order valence-corrected chi connectivity index (χ1v) is 18.7.